The number of aliphatic carboxylic acids is 1. The van der Waals surface area contributed by atoms with E-state index in [0.29, 0.717) is 10.2 Å². The molecule has 0 aliphatic rings. The molecule has 0 saturated heterocycles. The number of carbonyl (C=O) groups excluding carboxylic acids is 1. The van der Waals surface area contributed by atoms with Gasteiger partial charge in [0.2, 0.25) is 0 Å². The Bertz CT molecular complexity index is 519. The van der Waals surface area contributed by atoms with Crippen molar-refractivity contribution in [2.24, 2.45) is 0 Å². The quantitative estimate of drug-likeness (QED) is 0.697. The van der Waals surface area contributed by atoms with Crippen LogP contribution in [-0.2, 0) is 4.79 Å². The van der Waals surface area contributed by atoms with Crippen molar-refractivity contribution in [2.45, 2.75) is 6.10 Å². The van der Waals surface area contributed by atoms with Gasteiger partial charge in [0.1, 0.15) is 11.5 Å². The van der Waals surface area contributed by atoms with E-state index in [0.717, 1.165) is 0 Å². The van der Waals surface area contributed by atoms with Gasteiger partial charge in [-0.3, -0.25) is 4.79 Å². The van der Waals surface area contributed by atoms with Gasteiger partial charge >= 0.3 is 5.97 Å². The summed E-state index contributed by atoms with van der Waals surface area (Å²) in [5, 5.41) is 20.0. The minimum atomic E-state index is -1.67. The fraction of sp³-hybridized carbons (Fsp3) is 0.333. The highest BCUT2D eigenvalue weighted by Gasteiger charge is 2.19. The largest absolute Gasteiger partial charge is 0.497 e. The molecule has 20 heavy (non-hydrogen) atoms. The Hall–Kier alpha value is -1.80. The average molecular weight is 348 g/mol. The number of carboxylic acid groups (broad SMARTS) is 1. The number of nitrogens with one attached hydrogen (secondary N) is 1. The van der Waals surface area contributed by atoms with Crippen LogP contribution in [0, 0.1) is 0 Å². The van der Waals surface area contributed by atoms with Crippen LogP contribution in [-0.4, -0.2) is 49.0 Å². The maximum atomic E-state index is 12.0. The van der Waals surface area contributed by atoms with Gasteiger partial charge < -0.3 is 25.0 Å². The Labute approximate surface area is 123 Å². The number of benzene rings is 1. The number of rotatable bonds is 6. The predicted octanol–water partition coefficient (Wildman–Crippen LogP) is 0.642. The minimum Gasteiger partial charge on any atom is -0.497 e. The maximum absolute atomic E-state index is 12.0. The first kappa shape index (κ1) is 16.3. The maximum Gasteiger partial charge on any atom is 0.334 e. The van der Waals surface area contributed by atoms with Crippen LogP contribution in [0.4, 0.5) is 0 Å². The summed E-state index contributed by atoms with van der Waals surface area (Å²) in [6.45, 7) is -0.411. The van der Waals surface area contributed by atoms with Crippen molar-refractivity contribution in [3.8, 4) is 11.5 Å². The van der Waals surface area contributed by atoms with Gasteiger partial charge in [-0.05, 0) is 28.1 Å². The van der Waals surface area contributed by atoms with Gasteiger partial charge in [0.15, 0.2) is 6.10 Å². The molecule has 0 aliphatic carbocycles. The molecule has 0 saturated carbocycles. The summed E-state index contributed by atoms with van der Waals surface area (Å²) >= 11 is 3.24. The summed E-state index contributed by atoms with van der Waals surface area (Å²) in [6, 6.07) is 3.08. The SMILES string of the molecule is COc1cc(Br)c(OC)c(C(=O)NCC(O)C(=O)O)c1. The third kappa shape index (κ3) is 3.84. The van der Waals surface area contributed by atoms with E-state index in [-0.39, 0.29) is 11.3 Å². The van der Waals surface area contributed by atoms with Crippen molar-refractivity contribution >= 4 is 27.8 Å². The van der Waals surface area contributed by atoms with Gasteiger partial charge in [-0.1, -0.05) is 0 Å². The molecule has 0 heterocycles. The Balaban J connectivity index is 2.96. The highest BCUT2D eigenvalue weighted by Crippen LogP contribution is 2.33. The molecule has 0 radical (unpaired) electrons. The van der Waals surface area contributed by atoms with Crippen LogP contribution >= 0.6 is 15.9 Å². The lowest BCUT2D eigenvalue weighted by molar-refractivity contribution is -0.146. The molecule has 0 spiro atoms. The van der Waals surface area contributed by atoms with Crippen LogP contribution in [0.15, 0.2) is 16.6 Å². The lowest BCUT2D eigenvalue weighted by Gasteiger charge is -2.13. The molecule has 0 aliphatic heterocycles. The molecule has 110 valence electrons. The van der Waals surface area contributed by atoms with E-state index in [1.165, 1.54) is 20.3 Å². The van der Waals surface area contributed by atoms with Crippen molar-refractivity contribution in [3.05, 3.63) is 22.2 Å². The van der Waals surface area contributed by atoms with E-state index in [1.54, 1.807) is 6.07 Å². The third-order valence-corrected chi connectivity index (χ3v) is 3.03. The number of carboxylic acids is 1. The van der Waals surface area contributed by atoms with Crippen LogP contribution in [0.2, 0.25) is 0 Å². The standard InChI is InChI=1S/C12H14BrNO6/c1-19-6-3-7(10(20-2)8(13)4-6)11(16)14-5-9(15)12(17)18/h3-4,9,15H,5H2,1-2H3,(H,14,16)(H,17,18). The van der Waals surface area contributed by atoms with E-state index in [2.05, 4.69) is 21.2 Å². The Morgan fingerprint density at radius 2 is 2.00 bits per heavy atom. The van der Waals surface area contributed by atoms with E-state index in [9.17, 15) is 9.59 Å². The second-order valence-electron chi connectivity index (χ2n) is 3.75. The number of hydrogen-bond donors (Lipinski definition) is 3. The van der Waals surface area contributed by atoms with E-state index in [4.69, 9.17) is 19.7 Å². The molecule has 0 fully saturated rings. The zero-order chi connectivity index (χ0) is 15.3. The van der Waals surface area contributed by atoms with Crippen molar-refractivity contribution in [1.29, 1.82) is 0 Å². The van der Waals surface area contributed by atoms with Gasteiger partial charge in [-0.25, -0.2) is 4.79 Å². The lowest BCUT2D eigenvalue weighted by atomic mass is 10.1. The van der Waals surface area contributed by atoms with Crippen molar-refractivity contribution in [1.82, 2.24) is 5.32 Å². The first-order chi connectivity index (χ1) is 9.40. The number of ether oxygens (including phenoxy) is 2. The molecule has 1 aromatic carbocycles. The zero-order valence-electron chi connectivity index (χ0n) is 10.8. The summed E-state index contributed by atoms with van der Waals surface area (Å²) in [6.07, 6.45) is -1.67. The van der Waals surface area contributed by atoms with Crippen molar-refractivity contribution in [2.75, 3.05) is 20.8 Å². The molecule has 1 rings (SSSR count). The second-order valence-corrected chi connectivity index (χ2v) is 4.61. The first-order valence-electron chi connectivity index (χ1n) is 5.51. The number of aliphatic hydroxyl groups excluding tert-OH is 1. The summed E-state index contributed by atoms with van der Waals surface area (Å²) in [5.41, 5.74) is 0.163. The minimum absolute atomic E-state index is 0.163. The highest BCUT2D eigenvalue weighted by molar-refractivity contribution is 9.10. The van der Waals surface area contributed by atoms with E-state index < -0.39 is 24.5 Å². The van der Waals surface area contributed by atoms with E-state index in [1.807, 2.05) is 0 Å². The number of halogens is 1. The van der Waals surface area contributed by atoms with E-state index >= 15 is 0 Å². The summed E-state index contributed by atoms with van der Waals surface area (Å²) in [7, 11) is 2.85. The predicted molar refractivity (Wildman–Crippen MR) is 73.2 cm³/mol. The number of aliphatic hydroxyl groups is 1. The molecule has 0 aromatic heterocycles. The Morgan fingerprint density at radius 1 is 1.35 bits per heavy atom. The van der Waals surface area contributed by atoms with Crippen LogP contribution < -0.4 is 14.8 Å². The monoisotopic (exact) mass is 347 g/mol. The molecule has 3 N–H and O–H groups in total. The summed E-state index contributed by atoms with van der Waals surface area (Å²) in [5.74, 6) is -1.28. The number of amides is 1. The third-order valence-electron chi connectivity index (χ3n) is 2.44. The summed E-state index contributed by atoms with van der Waals surface area (Å²) in [4.78, 5) is 22.5. The van der Waals surface area contributed by atoms with Gasteiger partial charge in [-0.2, -0.15) is 0 Å². The Morgan fingerprint density at radius 3 is 2.50 bits per heavy atom. The molecule has 7 nitrogen and oxygen atoms in total. The van der Waals surface area contributed by atoms with Gasteiger partial charge in [0, 0.05) is 0 Å². The van der Waals surface area contributed by atoms with Crippen molar-refractivity contribution < 1.29 is 29.3 Å². The Kier molecular flexibility index (Phi) is 5.78. The smallest absolute Gasteiger partial charge is 0.334 e. The van der Waals surface area contributed by atoms with Crippen LogP contribution in [0.25, 0.3) is 0 Å². The topological polar surface area (TPSA) is 105 Å². The average Bonchev–Trinajstić information content (AvgIpc) is 2.42. The van der Waals surface area contributed by atoms with Gasteiger partial charge in [-0.15, -0.1) is 0 Å². The van der Waals surface area contributed by atoms with Crippen LogP contribution in [0.3, 0.4) is 0 Å². The molecule has 1 aromatic rings. The molecule has 1 atom stereocenters. The first-order valence-corrected chi connectivity index (χ1v) is 6.30. The summed E-state index contributed by atoms with van der Waals surface area (Å²) < 4.78 is 10.7. The number of methoxy groups -OCH3 is 2. The fourth-order valence-electron chi connectivity index (χ4n) is 1.43. The molecule has 0 bridgehead atoms. The fourth-order valence-corrected chi connectivity index (χ4v) is 2.04. The van der Waals surface area contributed by atoms with Gasteiger partial charge in [0.05, 0.1) is 30.8 Å². The molecule has 1 unspecified atom stereocenters. The lowest BCUT2D eigenvalue weighted by Crippen LogP contribution is -2.36. The molecular formula is C12H14BrNO6. The number of hydrogen-bond acceptors (Lipinski definition) is 5. The molecular weight excluding hydrogens is 334 g/mol. The van der Waals surface area contributed by atoms with Crippen LogP contribution in [0.5, 0.6) is 11.5 Å². The normalized spacial score (nSPS) is 11.6. The van der Waals surface area contributed by atoms with Gasteiger partial charge in [0.25, 0.3) is 5.91 Å². The highest BCUT2D eigenvalue weighted by atomic mass is 79.9. The molecule has 1 amide bonds. The zero-order valence-corrected chi connectivity index (χ0v) is 12.4. The van der Waals surface area contributed by atoms with Crippen molar-refractivity contribution in [3.63, 3.8) is 0 Å². The number of carbonyl (C=O) groups is 2. The van der Waals surface area contributed by atoms with Crippen LogP contribution in [0.1, 0.15) is 10.4 Å². The second kappa shape index (κ2) is 7.11. The molecule has 8 heteroatoms.